The lowest BCUT2D eigenvalue weighted by molar-refractivity contribution is 0.102. The van der Waals surface area contributed by atoms with Crippen molar-refractivity contribution in [3.8, 4) is 11.3 Å². The minimum Gasteiger partial charge on any atom is -0.298 e. The smallest absolute Gasteiger partial charge is 0.257 e. The molecule has 5 nitrogen and oxygen atoms in total. The molecule has 4 aromatic rings. The molecule has 0 saturated heterocycles. The minimum atomic E-state index is -0.197. The Labute approximate surface area is 148 Å². The molecule has 1 aromatic carbocycles. The number of amides is 1. The van der Waals surface area contributed by atoms with E-state index in [4.69, 9.17) is 0 Å². The maximum Gasteiger partial charge on any atom is 0.257 e. The number of aromatic nitrogens is 3. The number of benzene rings is 1. The zero-order chi connectivity index (χ0) is 17.2. The van der Waals surface area contributed by atoms with E-state index in [9.17, 15) is 4.79 Å². The number of hydrogen-bond donors (Lipinski definition) is 1. The number of hydrogen-bond acceptors (Lipinski definition) is 5. The average molecular weight is 346 g/mol. The molecule has 1 N–H and O–H groups in total. The van der Waals surface area contributed by atoms with E-state index in [0.29, 0.717) is 10.7 Å². The second-order valence-corrected chi connectivity index (χ2v) is 6.45. The third-order valence-electron chi connectivity index (χ3n) is 3.78. The molecule has 6 heteroatoms. The Morgan fingerprint density at radius 3 is 2.84 bits per heavy atom. The standard InChI is InChI=1S/C19H14N4OS/c1-12-4-5-13-6-7-14(9-16(13)21-12)18(24)23-19-22-17(11-25-19)15-3-2-8-20-10-15/h2-11H,1H3,(H,22,23,24). The van der Waals surface area contributed by atoms with Crippen LogP contribution in [0.1, 0.15) is 16.1 Å². The Bertz CT molecular complexity index is 1060. The monoisotopic (exact) mass is 346 g/mol. The second kappa shape index (κ2) is 6.41. The number of rotatable bonds is 3. The number of pyridine rings is 2. The Balaban J connectivity index is 1.57. The van der Waals surface area contributed by atoms with Crippen molar-refractivity contribution in [2.75, 3.05) is 5.32 Å². The highest BCUT2D eigenvalue weighted by Crippen LogP contribution is 2.24. The van der Waals surface area contributed by atoms with Crippen LogP contribution in [0.15, 0.2) is 60.2 Å². The Hall–Kier alpha value is -3.12. The molecule has 3 heterocycles. The summed E-state index contributed by atoms with van der Waals surface area (Å²) in [7, 11) is 0. The van der Waals surface area contributed by atoms with Gasteiger partial charge in [-0.2, -0.15) is 0 Å². The van der Waals surface area contributed by atoms with Crippen LogP contribution in [0, 0.1) is 6.92 Å². The summed E-state index contributed by atoms with van der Waals surface area (Å²) < 4.78 is 0. The van der Waals surface area contributed by atoms with Crippen LogP contribution in [0.4, 0.5) is 5.13 Å². The topological polar surface area (TPSA) is 67.8 Å². The molecule has 0 saturated carbocycles. The van der Waals surface area contributed by atoms with Crippen LogP contribution in [-0.4, -0.2) is 20.9 Å². The predicted octanol–water partition coefficient (Wildman–Crippen LogP) is 4.31. The molecule has 25 heavy (non-hydrogen) atoms. The lowest BCUT2D eigenvalue weighted by Crippen LogP contribution is -2.11. The fourth-order valence-electron chi connectivity index (χ4n) is 2.51. The highest BCUT2D eigenvalue weighted by atomic mass is 32.1. The van der Waals surface area contributed by atoms with Crippen molar-refractivity contribution in [2.24, 2.45) is 0 Å². The van der Waals surface area contributed by atoms with Crippen LogP contribution in [0.3, 0.4) is 0 Å². The number of nitrogens with zero attached hydrogens (tertiary/aromatic N) is 3. The van der Waals surface area contributed by atoms with Crippen LogP contribution in [0.25, 0.3) is 22.2 Å². The van der Waals surface area contributed by atoms with Gasteiger partial charge in [-0.05, 0) is 37.3 Å². The molecule has 0 fully saturated rings. The van der Waals surface area contributed by atoms with Crippen molar-refractivity contribution in [2.45, 2.75) is 6.92 Å². The molecular weight excluding hydrogens is 332 g/mol. The summed E-state index contributed by atoms with van der Waals surface area (Å²) in [6, 6.07) is 13.2. The van der Waals surface area contributed by atoms with E-state index in [2.05, 4.69) is 20.3 Å². The van der Waals surface area contributed by atoms with E-state index >= 15 is 0 Å². The van der Waals surface area contributed by atoms with Crippen molar-refractivity contribution in [3.63, 3.8) is 0 Å². The van der Waals surface area contributed by atoms with Gasteiger partial charge in [-0.1, -0.05) is 12.1 Å². The molecule has 0 spiro atoms. The quantitative estimate of drug-likeness (QED) is 0.600. The van der Waals surface area contributed by atoms with Crippen LogP contribution in [0.5, 0.6) is 0 Å². The molecule has 1 amide bonds. The van der Waals surface area contributed by atoms with Crippen LogP contribution in [-0.2, 0) is 0 Å². The number of anilines is 1. The van der Waals surface area contributed by atoms with Crippen molar-refractivity contribution < 1.29 is 4.79 Å². The van der Waals surface area contributed by atoms with Gasteiger partial charge in [0.1, 0.15) is 0 Å². The molecule has 3 aromatic heterocycles. The van der Waals surface area contributed by atoms with Gasteiger partial charge in [0.15, 0.2) is 5.13 Å². The molecule has 122 valence electrons. The van der Waals surface area contributed by atoms with Crippen molar-refractivity contribution >= 4 is 33.3 Å². The predicted molar refractivity (Wildman–Crippen MR) is 99.8 cm³/mol. The van der Waals surface area contributed by atoms with Gasteiger partial charge >= 0.3 is 0 Å². The van der Waals surface area contributed by atoms with Crippen molar-refractivity contribution in [1.29, 1.82) is 0 Å². The molecule has 0 radical (unpaired) electrons. The van der Waals surface area contributed by atoms with E-state index in [1.165, 1.54) is 11.3 Å². The molecule has 4 rings (SSSR count). The van der Waals surface area contributed by atoms with Gasteiger partial charge in [0.2, 0.25) is 0 Å². The Kier molecular flexibility index (Phi) is 3.95. The van der Waals surface area contributed by atoms with Crippen LogP contribution >= 0.6 is 11.3 Å². The van der Waals surface area contributed by atoms with E-state index in [-0.39, 0.29) is 5.91 Å². The summed E-state index contributed by atoms with van der Waals surface area (Å²) >= 11 is 1.39. The summed E-state index contributed by atoms with van der Waals surface area (Å²) in [5.41, 5.74) is 4.01. The molecule has 0 atom stereocenters. The SMILES string of the molecule is Cc1ccc2ccc(C(=O)Nc3nc(-c4cccnc4)cs3)cc2n1. The first-order chi connectivity index (χ1) is 12.2. The second-order valence-electron chi connectivity index (χ2n) is 5.59. The van der Waals surface area contributed by atoms with E-state index in [0.717, 1.165) is 27.9 Å². The summed E-state index contributed by atoms with van der Waals surface area (Å²) in [5.74, 6) is -0.197. The highest BCUT2D eigenvalue weighted by Gasteiger charge is 2.11. The van der Waals surface area contributed by atoms with Gasteiger partial charge < -0.3 is 0 Å². The Morgan fingerprint density at radius 1 is 1.12 bits per heavy atom. The number of fused-ring (bicyclic) bond motifs is 1. The van der Waals surface area contributed by atoms with Gasteiger partial charge in [0.05, 0.1) is 11.2 Å². The zero-order valence-electron chi connectivity index (χ0n) is 13.4. The van der Waals surface area contributed by atoms with Gasteiger partial charge in [-0.25, -0.2) is 4.98 Å². The number of carbonyl (C=O) groups excluding carboxylic acids is 1. The number of aryl methyl sites for hydroxylation is 1. The fraction of sp³-hybridized carbons (Fsp3) is 0.0526. The summed E-state index contributed by atoms with van der Waals surface area (Å²) in [6.07, 6.45) is 3.46. The van der Waals surface area contributed by atoms with Gasteiger partial charge in [0.25, 0.3) is 5.91 Å². The maximum absolute atomic E-state index is 12.5. The fourth-order valence-corrected chi connectivity index (χ4v) is 3.22. The van der Waals surface area contributed by atoms with Crippen LogP contribution < -0.4 is 5.32 Å². The Morgan fingerprint density at radius 2 is 2.00 bits per heavy atom. The molecule has 0 aliphatic rings. The lowest BCUT2D eigenvalue weighted by atomic mass is 10.1. The normalized spacial score (nSPS) is 10.8. The third-order valence-corrected chi connectivity index (χ3v) is 4.53. The summed E-state index contributed by atoms with van der Waals surface area (Å²) in [6.45, 7) is 1.93. The largest absolute Gasteiger partial charge is 0.298 e. The van der Waals surface area contributed by atoms with Crippen molar-refractivity contribution in [3.05, 3.63) is 71.5 Å². The number of carbonyl (C=O) groups is 1. The van der Waals surface area contributed by atoms with Crippen LogP contribution in [0.2, 0.25) is 0 Å². The molecular formula is C19H14N4OS. The van der Waals surface area contributed by atoms with Gasteiger partial charge in [-0.3, -0.25) is 20.1 Å². The first kappa shape index (κ1) is 15.4. The first-order valence-corrected chi connectivity index (χ1v) is 8.62. The molecule has 0 unspecified atom stereocenters. The molecule has 0 aliphatic carbocycles. The third kappa shape index (κ3) is 3.25. The maximum atomic E-state index is 12.5. The molecule has 0 aliphatic heterocycles. The molecule has 0 bridgehead atoms. The summed E-state index contributed by atoms with van der Waals surface area (Å²) in [5, 5.41) is 6.31. The van der Waals surface area contributed by atoms with E-state index < -0.39 is 0 Å². The number of nitrogens with one attached hydrogen (secondary N) is 1. The average Bonchev–Trinajstić information content (AvgIpc) is 3.10. The lowest BCUT2D eigenvalue weighted by Gasteiger charge is -2.04. The summed E-state index contributed by atoms with van der Waals surface area (Å²) in [4.78, 5) is 25.5. The first-order valence-electron chi connectivity index (χ1n) is 7.74. The van der Waals surface area contributed by atoms with E-state index in [1.54, 1.807) is 24.5 Å². The number of thiazole rings is 1. The minimum absolute atomic E-state index is 0.197. The van der Waals surface area contributed by atoms with Gasteiger partial charge in [-0.15, -0.1) is 11.3 Å². The highest BCUT2D eigenvalue weighted by molar-refractivity contribution is 7.14. The van der Waals surface area contributed by atoms with Crippen molar-refractivity contribution in [1.82, 2.24) is 15.0 Å². The van der Waals surface area contributed by atoms with Gasteiger partial charge in [0, 0.05) is 40.0 Å². The zero-order valence-corrected chi connectivity index (χ0v) is 14.2. The van der Waals surface area contributed by atoms with E-state index in [1.807, 2.05) is 42.6 Å².